The Balaban J connectivity index is 2.84. The number of nitrogens with one attached hydrogen (secondary N) is 1. The second-order valence-corrected chi connectivity index (χ2v) is 2.29. The fraction of sp³-hybridized carbons (Fsp3) is 0.222. The van der Waals surface area contributed by atoms with Crippen molar-refractivity contribution < 1.29 is 0 Å². The van der Waals surface area contributed by atoms with E-state index in [9.17, 15) is 0 Å². The summed E-state index contributed by atoms with van der Waals surface area (Å²) in [4.78, 5) is 0. The smallest absolute Gasteiger partial charge is 0.181 e. The molecule has 1 N–H and O–H groups in total. The summed E-state index contributed by atoms with van der Waals surface area (Å²) in [6, 6.07) is 7.84. The van der Waals surface area contributed by atoms with Gasteiger partial charge in [0, 0.05) is 5.69 Å². The number of rotatable bonds is 2. The summed E-state index contributed by atoms with van der Waals surface area (Å²) in [5, 5.41) is 10.9. The Morgan fingerprint density at radius 1 is 1.55 bits per heavy atom. The first-order valence-corrected chi connectivity index (χ1v) is 3.61. The first-order valence-electron chi connectivity index (χ1n) is 3.61. The minimum absolute atomic E-state index is 0.867. The molecule has 56 valence electrons. The summed E-state index contributed by atoms with van der Waals surface area (Å²) in [6.45, 7) is 2.09. The first-order chi connectivity index (χ1) is 5.36. The lowest BCUT2D eigenvalue weighted by molar-refractivity contribution is 1.14. The molecule has 0 aliphatic heterocycles. The Morgan fingerprint density at radius 3 is 3.00 bits per heavy atom. The van der Waals surface area contributed by atoms with Crippen LogP contribution in [0.2, 0.25) is 0 Å². The molecule has 2 nitrogen and oxygen atoms in total. The van der Waals surface area contributed by atoms with Gasteiger partial charge in [0.1, 0.15) is 0 Å². The van der Waals surface area contributed by atoms with Crippen molar-refractivity contribution in [1.82, 2.24) is 0 Å². The van der Waals surface area contributed by atoms with E-state index >= 15 is 0 Å². The molecule has 0 fully saturated rings. The number of benzene rings is 1. The Labute approximate surface area is 66.5 Å². The van der Waals surface area contributed by atoms with Gasteiger partial charge in [0.25, 0.3) is 0 Å². The van der Waals surface area contributed by atoms with Gasteiger partial charge in [0.15, 0.2) is 6.19 Å². The van der Waals surface area contributed by atoms with E-state index in [0.717, 1.165) is 12.1 Å². The van der Waals surface area contributed by atoms with Crippen LogP contribution in [0.5, 0.6) is 0 Å². The van der Waals surface area contributed by atoms with Gasteiger partial charge in [-0.25, -0.2) is 0 Å². The predicted octanol–water partition coefficient (Wildman–Crippen LogP) is 2.14. The lowest BCUT2D eigenvalue weighted by Gasteiger charge is -1.99. The van der Waals surface area contributed by atoms with Crippen LogP contribution in [-0.4, -0.2) is 0 Å². The third-order valence-corrected chi connectivity index (χ3v) is 1.54. The number of anilines is 1. The van der Waals surface area contributed by atoms with E-state index in [4.69, 9.17) is 5.26 Å². The molecule has 0 aromatic heterocycles. The predicted molar refractivity (Wildman–Crippen MR) is 45.1 cm³/mol. The van der Waals surface area contributed by atoms with Gasteiger partial charge < -0.3 is 0 Å². The Bertz CT molecular complexity index is 273. The lowest BCUT2D eigenvalue weighted by Crippen LogP contribution is -1.88. The fourth-order valence-corrected chi connectivity index (χ4v) is 0.934. The second-order valence-electron chi connectivity index (χ2n) is 2.29. The van der Waals surface area contributed by atoms with Gasteiger partial charge in [-0.1, -0.05) is 19.1 Å². The van der Waals surface area contributed by atoms with E-state index in [-0.39, 0.29) is 0 Å². The molecular weight excluding hydrogens is 136 g/mol. The van der Waals surface area contributed by atoms with Gasteiger partial charge in [-0.15, -0.1) is 0 Å². The van der Waals surface area contributed by atoms with Crippen LogP contribution in [0, 0.1) is 11.5 Å². The molecule has 0 saturated carbocycles. The van der Waals surface area contributed by atoms with Crippen LogP contribution >= 0.6 is 0 Å². The zero-order valence-corrected chi connectivity index (χ0v) is 6.46. The molecule has 1 rings (SSSR count). The van der Waals surface area contributed by atoms with E-state index in [1.165, 1.54) is 5.56 Å². The minimum atomic E-state index is 0.867. The largest absolute Gasteiger partial charge is 0.293 e. The third kappa shape index (κ3) is 1.98. The Kier molecular flexibility index (Phi) is 2.51. The van der Waals surface area contributed by atoms with Gasteiger partial charge in [-0.2, -0.15) is 5.26 Å². The number of nitrogens with zero attached hydrogens (tertiary/aromatic N) is 1. The van der Waals surface area contributed by atoms with E-state index in [1.807, 2.05) is 30.5 Å². The van der Waals surface area contributed by atoms with Crippen molar-refractivity contribution >= 4 is 5.69 Å². The summed E-state index contributed by atoms with van der Waals surface area (Å²) in [5.41, 5.74) is 2.11. The summed E-state index contributed by atoms with van der Waals surface area (Å²) in [6.07, 6.45) is 2.89. The van der Waals surface area contributed by atoms with Gasteiger partial charge in [0.2, 0.25) is 0 Å². The normalized spacial score (nSPS) is 8.73. The first kappa shape index (κ1) is 7.62. The third-order valence-electron chi connectivity index (χ3n) is 1.54. The van der Waals surface area contributed by atoms with E-state index in [2.05, 4.69) is 12.2 Å². The quantitative estimate of drug-likeness (QED) is 0.512. The molecule has 0 aliphatic carbocycles. The number of nitriles is 1. The van der Waals surface area contributed by atoms with Crippen LogP contribution in [0.4, 0.5) is 5.69 Å². The van der Waals surface area contributed by atoms with Gasteiger partial charge >= 0.3 is 0 Å². The average Bonchev–Trinajstić information content (AvgIpc) is 2.06. The zero-order chi connectivity index (χ0) is 8.10. The number of aryl methyl sites for hydroxylation is 1. The summed E-state index contributed by atoms with van der Waals surface area (Å²) >= 11 is 0. The molecule has 0 unspecified atom stereocenters. The molecule has 1 aromatic carbocycles. The monoisotopic (exact) mass is 146 g/mol. The molecule has 0 saturated heterocycles. The minimum Gasteiger partial charge on any atom is -0.293 e. The van der Waals surface area contributed by atoms with Crippen molar-refractivity contribution in [3.8, 4) is 6.19 Å². The van der Waals surface area contributed by atoms with Gasteiger partial charge in [-0.05, 0) is 24.1 Å². The Hall–Kier alpha value is -1.49. The average molecular weight is 146 g/mol. The van der Waals surface area contributed by atoms with Crippen LogP contribution < -0.4 is 5.32 Å². The zero-order valence-electron chi connectivity index (χ0n) is 6.46. The number of hydrogen-bond donors (Lipinski definition) is 1. The van der Waals surface area contributed by atoms with Crippen LogP contribution in [0.25, 0.3) is 0 Å². The molecular formula is C9H10N2. The highest BCUT2D eigenvalue weighted by Gasteiger charge is 1.90. The number of hydrogen-bond acceptors (Lipinski definition) is 2. The summed E-state index contributed by atoms with van der Waals surface area (Å²) < 4.78 is 0. The summed E-state index contributed by atoms with van der Waals surface area (Å²) in [5.74, 6) is 0. The van der Waals surface area contributed by atoms with Crippen molar-refractivity contribution in [2.24, 2.45) is 0 Å². The molecule has 0 atom stereocenters. The van der Waals surface area contributed by atoms with Crippen LogP contribution in [-0.2, 0) is 6.42 Å². The molecule has 0 spiro atoms. The van der Waals surface area contributed by atoms with E-state index in [1.54, 1.807) is 0 Å². The van der Waals surface area contributed by atoms with E-state index in [0.29, 0.717) is 0 Å². The Morgan fingerprint density at radius 2 is 2.36 bits per heavy atom. The van der Waals surface area contributed by atoms with Crippen LogP contribution in [0.1, 0.15) is 12.5 Å². The highest BCUT2D eigenvalue weighted by atomic mass is 14.9. The van der Waals surface area contributed by atoms with Crippen molar-refractivity contribution in [3.05, 3.63) is 29.8 Å². The summed E-state index contributed by atoms with van der Waals surface area (Å²) in [7, 11) is 0. The van der Waals surface area contributed by atoms with Crippen molar-refractivity contribution in [1.29, 1.82) is 5.26 Å². The molecule has 0 radical (unpaired) electrons. The van der Waals surface area contributed by atoms with Crippen molar-refractivity contribution in [2.45, 2.75) is 13.3 Å². The maximum absolute atomic E-state index is 8.32. The maximum atomic E-state index is 8.32. The highest BCUT2D eigenvalue weighted by Crippen LogP contribution is 2.09. The fourth-order valence-electron chi connectivity index (χ4n) is 0.934. The molecule has 0 bridgehead atoms. The lowest BCUT2D eigenvalue weighted by atomic mass is 10.1. The van der Waals surface area contributed by atoms with Crippen LogP contribution in [0.15, 0.2) is 24.3 Å². The maximum Gasteiger partial charge on any atom is 0.181 e. The topological polar surface area (TPSA) is 35.8 Å². The molecule has 2 heteroatoms. The second kappa shape index (κ2) is 3.62. The highest BCUT2D eigenvalue weighted by molar-refractivity contribution is 5.48. The molecule has 0 aliphatic rings. The standard InChI is InChI=1S/C9H10N2/c1-2-8-4-3-5-9(6-8)11-7-10/h3-6,11H,2H2,1H3. The van der Waals surface area contributed by atoms with Gasteiger partial charge in [0.05, 0.1) is 0 Å². The molecule has 0 heterocycles. The SMILES string of the molecule is CCc1cccc(NC#N)c1. The van der Waals surface area contributed by atoms with Gasteiger partial charge in [-0.3, -0.25) is 5.32 Å². The molecule has 0 amide bonds. The van der Waals surface area contributed by atoms with Crippen molar-refractivity contribution in [2.75, 3.05) is 5.32 Å². The van der Waals surface area contributed by atoms with Crippen LogP contribution in [0.3, 0.4) is 0 Å². The van der Waals surface area contributed by atoms with Crippen molar-refractivity contribution in [3.63, 3.8) is 0 Å². The van der Waals surface area contributed by atoms with E-state index < -0.39 is 0 Å². The molecule has 11 heavy (non-hydrogen) atoms. The molecule has 1 aromatic rings.